The molecule has 78 valence electrons. The van der Waals surface area contributed by atoms with Crippen LogP contribution >= 0.6 is 0 Å². The first-order valence-electron chi connectivity index (χ1n) is 5.74. The van der Waals surface area contributed by atoms with Crippen LogP contribution in [-0.2, 0) is 12.8 Å². The van der Waals surface area contributed by atoms with Gasteiger partial charge < -0.3 is 0 Å². The number of H-pyrrole nitrogens is 1. The Morgan fingerprint density at radius 3 is 2.71 bits per heavy atom. The van der Waals surface area contributed by atoms with Gasteiger partial charge in [0.05, 0.1) is 5.69 Å². The van der Waals surface area contributed by atoms with E-state index in [2.05, 4.69) is 31.0 Å². The monoisotopic (exact) mass is 192 g/mol. The Kier molecular flexibility index (Phi) is 2.62. The molecule has 1 atom stereocenters. The molecule has 1 aromatic rings. The molecule has 2 nitrogen and oxygen atoms in total. The second-order valence-electron chi connectivity index (χ2n) is 4.90. The van der Waals surface area contributed by atoms with Crippen LogP contribution in [0.15, 0.2) is 0 Å². The van der Waals surface area contributed by atoms with Crippen molar-refractivity contribution in [1.82, 2.24) is 10.2 Å². The molecule has 0 aliphatic heterocycles. The predicted octanol–water partition coefficient (Wildman–Crippen LogP) is 3.05. The van der Waals surface area contributed by atoms with Gasteiger partial charge in [0.25, 0.3) is 0 Å². The van der Waals surface area contributed by atoms with Gasteiger partial charge in [0.2, 0.25) is 0 Å². The number of aryl methyl sites for hydroxylation is 1. The fourth-order valence-electron chi connectivity index (χ4n) is 2.31. The minimum atomic E-state index is 0.559. The third-order valence-electron chi connectivity index (χ3n) is 3.31. The fourth-order valence-corrected chi connectivity index (χ4v) is 2.31. The highest BCUT2D eigenvalue weighted by Gasteiger charge is 2.19. The standard InChI is InChI=1S/C12H20N2/c1-8(2)12-10-6-4-9(3)5-7-11(10)13-14-12/h8-9H,4-7H2,1-3H3,(H,13,14). The van der Waals surface area contributed by atoms with Crippen molar-refractivity contribution in [2.45, 2.75) is 52.4 Å². The van der Waals surface area contributed by atoms with Gasteiger partial charge in [-0.25, -0.2) is 0 Å². The van der Waals surface area contributed by atoms with Gasteiger partial charge in [-0.2, -0.15) is 5.10 Å². The molecule has 0 spiro atoms. The molecular formula is C12H20N2. The predicted molar refractivity (Wildman–Crippen MR) is 58.5 cm³/mol. The van der Waals surface area contributed by atoms with E-state index in [1.54, 1.807) is 0 Å². The Bertz CT molecular complexity index is 312. The van der Waals surface area contributed by atoms with E-state index in [-0.39, 0.29) is 0 Å². The molecule has 1 unspecified atom stereocenters. The average Bonchev–Trinajstić information content (AvgIpc) is 2.46. The van der Waals surface area contributed by atoms with Crippen LogP contribution in [-0.4, -0.2) is 10.2 Å². The van der Waals surface area contributed by atoms with Gasteiger partial charge in [-0.3, -0.25) is 5.10 Å². The second kappa shape index (κ2) is 3.76. The summed E-state index contributed by atoms with van der Waals surface area (Å²) < 4.78 is 0. The van der Waals surface area contributed by atoms with Gasteiger partial charge in [0.1, 0.15) is 0 Å². The number of fused-ring (bicyclic) bond motifs is 1. The van der Waals surface area contributed by atoms with Crippen LogP contribution in [0.1, 0.15) is 56.5 Å². The van der Waals surface area contributed by atoms with E-state index in [9.17, 15) is 0 Å². The molecule has 0 bridgehead atoms. The highest BCUT2D eigenvalue weighted by atomic mass is 15.1. The summed E-state index contributed by atoms with van der Waals surface area (Å²) in [4.78, 5) is 0. The van der Waals surface area contributed by atoms with Gasteiger partial charge in [0.15, 0.2) is 0 Å². The van der Waals surface area contributed by atoms with Gasteiger partial charge in [-0.15, -0.1) is 0 Å². The number of nitrogens with one attached hydrogen (secondary N) is 1. The summed E-state index contributed by atoms with van der Waals surface area (Å²) in [5.41, 5.74) is 4.22. The van der Waals surface area contributed by atoms with Crippen molar-refractivity contribution < 1.29 is 0 Å². The second-order valence-corrected chi connectivity index (χ2v) is 4.90. The number of nitrogens with zero attached hydrogens (tertiary/aromatic N) is 1. The molecule has 1 heterocycles. The Hall–Kier alpha value is -0.790. The normalized spacial score (nSPS) is 22.1. The summed E-state index contributed by atoms with van der Waals surface area (Å²) in [5.74, 6) is 1.43. The molecule has 1 aliphatic rings. The summed E-state index contributed by atoms with van der Waals surface area (Å²) in [6, 6.07) is 0. The topological polar surface area (TPSA) is 28.7 Å². The molecule has 0 saturated heterocycles. The molecule has 1 N–H and O–H groups in total. The van der Waals surface area contributed by atoms with E-state index >= 15 is 0 Å². The average molecular weight is 192 g/mol. The van der Waals surface area contributed by atoms with Crippen molar-refractivity contribution in [1.29, 1.82) is 0 Å². The van der Waals surface area contributed by atoms with Gasteiger partial charge in [0, 0.05) is 5.69 Å². The maximum Gasteiger partial charge on any atom is 0.0682 e. The summed E-state index contributed by atoms with van der Waals surface area (Å²) in [5, 5.41) is 7.66. The fraction of sp³-hybridized carbons (Fsp3) is 0.750. The molecule has 0 amide bonds. The summed E-state index contributed by atoms with van der Waals surface area (Å²) in [6.45, 7) is 6.81. The molecule has 2 rings (SSSR count). The zero-order valence-corrected chi connectivity index (χ0v) is 9.43. The Morgan fingerprint density at radius 1 is 1.29 bits per heavy atom. The quantitative estimate of drug-likeness (QED) is 0.681. The minimum Gasteiger partial charge on any atom is -0.282 e. The highest BCUT2D eigenvalue weighted by molar-refractivity contribution is 5.28. The summed E-state index contributed by atoms with van der Waals surface area (Å²) >= 11 is 0. The molecular weight excluding hydrogens is 172 g/mol. The Balaban J connectivity index is 2.29. The van der Waals surface area contributed by atoms with Crippen LogP contribution in [0, 0.1) is 5.92 Å². The van der Waals surface area contributed by atoms with Crippen molar-refractivity contribution >= 4 is 0 Å². The van der Waals surface area contributed by atoms with E-state index in [4.69, 9.17) is 0 Å². The Labute approximate surface area is 86.1 Å². The van der Waals surface area contributed by atoms with E-state index in [0.29, 0.717) is 5.92 Å². The Morgan fingerprint density at radius 2 is 2.00 bits per heavy atom. The first-order valence-corrected chi connectivity index (χ1v) is 5.74. The lowest BCUT2D eigenvalue weighted by molar-refractivity contribution is 0.505. The SMILES string of the molecule is CC1CCc2[nH]nc(C(C)C)c2CC1. The molecule has 0 aromatic carbocycles. The molecule has 1 aromatic heterocycles. The van der Waals surface area contributed by atoms with Crippen molar-refractivity contribution in [3.05, 3.63) is 17.0 Å². The number of hydrogen-bond donors (Lipinski definition) is 1. The smallest absolute Gasteiger partial charge is 0.0682 e. The molecule has 14 heavy (non-hydrogen) atoms. The molecule has 0 fully saturated rings. The van der Waals surface area contributed by atoms with Crippen LogP contribution in [0.2, 0.25) is 0 Å². The minimum absolute atomic E-state index is 0.559. The van der Waals surface area contributed by atoms with Gasteiger partial charge in [-0.1, -0.05) is 20.8 Å². The maximum atomic E-state index is 4.44. The molecule has 1 aliphatic carbocycles. The third kappa shape index (κ3) is 1.70. The lowest BCUT2D eigenvalue weighted by atomic mass is 9.99. The number of aromatic nitrogens is 2. The van der Waals surface area contributed by atoms with Gasteiger partial charge >= 0.3 is 0 Å². The number of hydrogen-bond acceptors (Lipinski definition) is 1. The van der Waals surface area contributed by atoms with Crippen molar-refractivity contribution in [3.8, 4) is 0 Å². The lowest BCUT2D eigenvalue weighted by Crippen LogP contribution is -1.97. The van der Waals surface area contributed by atoms with Crippen molar-refractivity contribution in [3.63, 3.8) is 0 Å². The molecule has 0 saturated carbocycles. The van der Waals surface area contributed by atoms with Gasteiger partial charge in [-0.05, 0) is 43.1 Å². The number of aromatic amines is 1. The van der Waals surface area contributed by atoms with Crippen molar-refractivity contribution in [2.75, 3.05) is 0 Å². The largest absolute Gasteiger partial charge is 0.282 e. The van der Waals surface area contributed by atoms with Crippen LogP contribution in [0.5, 0.6) is 0 Å². The highest BCUT2D eigenvalue weighted by Crippen LogP contribution is 2.28. The van der Waals surface area contributed by atoms with E-state index in [1.165, 1.54) is 42.6 Å². The van der Waals surface area contributed by atoms with Crippen molar-refractivity contribution in [2.24, 2.45) is 5.92 Å². The zero-order chi connectivity index (χ0) is 10.1. The van der Waals surface area contributed by atoms with Crippen LogP contribution in [0.3, 0.4) is 0 Å². The summed E-state index contributed by atoms with van der Waals surface area (Å²) in [7, 11) is 0. The first kappa shape index (κ1) is 9.75. The van der Waals surface area contributed by atoms with E-state index in [0.717, 1.165) is 5.92 Å². The molecule has 0 radical (unpaired) electrons. The molecule has 2 heteroatoms. The zero-order valence-electron chi connectivity index (χ0n) is 9.43. The lowest BCUT2D eigenvalue weighted by Gasteiger charge is -2.06. The first-order chi connectivity index (χ1) is 6.68. The van der Waals surface area contributed by atoms with Crippen LogP contribution < -0.4 is 0 Å². The third-order valence-corrected chi connectivity index (χ3v) is 3.31. The summed E-state index contributed by atoms with van der Waals surface area (Å²) in [6.07, 6.45) is 5.05. The van der Waals surface area contributed by atoms with Crippen LogP contribution in [0.4, 0.5) is 0 Å². The van der Waals surface area contributed by atoms with E-state index < -0.39 is 0 Å². The van der Waals surface area contributed by atoms with Crippen LogP contribution in [0.25, 0.3) is 0 Å². The number of rotatable bonds is 1. The van der Waals surface area contributed by atoms with E-state index in [1.807, 2.05) is 0 Å². The maximum absolute atomic E-state index is 4.44.